The molecule has 0 fully saturated rings. The SMILES string of the molecule is CNS(=O)(=O)c1cccc(C(=O)NCc2nc(-c3ccc(OC)cc3)no2)c1. The van der Waals surface area contributed by atoms with Crippen molar-refractivity contribution in [1.82, 2.24) is 20.2 Å². The lowest BCUT2D eigenvalue weighted by Gasteiger charge is -2.06. The number of carbonyl (C=O) groups excluding carboxylic acids is 1. The second kappa shape index (κ2) is 8.19. The van der Waals surface area contributed by atoms with E-state index in [1.165, 1.54) is 31.3 Å². The van der Waals surface area contributed by atoms with Gasteiger partial charge >= 0.3 is 0 Å². The molecule has 0 aliphatic heterocycles. The average molecular weight is 402 g/mol. The van der Waals surface area contributed by atoms with E-state index < -0.39 is 15.9 Å². The van der Waals surface area contributed by atoms with Gasteiger partial charge in [0, 0.05) is 11.1 Å². The summed E-state index contributed by atoms with van der Waals surface area (Å²) < 4.78 is 36.1. The molecule has 0 saturated heterocycles. The Balaban J connectivity index is 1.67. The molecule has 1 amide bonds. The largest absolute Gasteiger partial charge is 0.497 e. The number of nitrogens with zero attached hydrogens (tertiary/aromatic N) is 2. The quantitative estimate of drug-likeness (QED) is 0.615. The first-order valence-electron chi connectivity index (χ1n) is 8.22. The van der Waals surface area contributed by atoms with E-state index in [2.05, 4.69) is 20.2 Å². The molecule has 2 aromatic carbocycles. The standard InChI is InChI=1S/C18H18N4O5S/c1-19-28(24,25)15-5-3-4-13(10-15)18(23)20-11-16-21-17(22-27-16)12-6-8-14(26-2)9-7-12/h3-10,19H,11H2,1-2H3,(H,20,23). The summed E-state index contributed by atoms with van der Waals surface area (Å²) in [7, 11) is -0.752. The van der Waals surface area contributed by atoms with Crippen LogP contribution in [0.2, 0.25) is 0 Å². The summed E-state index contributed by atoms with van der Waals surface area (Å²) in [6.45, 7) is 0.00495. The number of methoxy groups -OCH3 is 1. The van der Waals surface area contributed by atoms with E-state index >= 15 is 0 Å². The summed E-state index contributed by atoms with van der Waals surface area (Å²) in [5.74, 6) is 0.854. The highest BCUT2D eigenvalue weighted by Gasteiger charge is 2.15. The van der Waals surface area contributed by atoms with Gasteiger partial charge in [0.1, 0.15) is 5.75 Å². The zero-order chi connectivity index (χ0) is 20.1. The molecular weight excluding hydrogens is 384 g/mol. The van der Waals surface area contributed by atoms with E-state index in [-0.39, 0.29) is 22.9 Å². The van der Waals surface area contributed by atoms with Gasteiger partial charge in [0.05, 0.1) is 18.6 Å². The van der Waals surface area contributed by atoms with Crippen LogP contribution < -0.4 is 14.8 Å². The van der Waals surface area contributed by atoms with E-state index in [4.69, 9.17) is 9.26 Å². The van der Waals surface area contributed by atoms with Gasteiger partial charge in [-0.25, -0.2) is 13.1 Å². The minimum Gasteiger partial charge on any atom is -0.497 e. The van der Waals surface area contributed by atoms with Crippen LogP contribution in [0.25, 0.3) is 11.4 Å². The van der Waals surface area contributed by atoms with Crippen LogP contribution in [0.3, 0.4) is 0 Å². The summed E-state index contributed by atoms with van der Waals surface area (Å²) >= 11 is 0. The molecule has 28 heavy (non-hydrogen) atoms. The molecular formula is C18H18N4O5S. The number of benzene rings is 2. The van der Waals surface area contributed by atoms with E-state index in [0.29, 0.717) is 11.6 Å². The highest BCUT2D eigenvalue weighted by Crippen LogP contribution is 2.19. The van der Waals surface area contributed by atoms with Crippen LogP contribution in [0.15, 0.2) is 57.9 Å². The predicted molar refractivity (Wildman–Crippen MR) is 100 cm³/mol. The molecule has 0 aliphatic carbocycles. The van der Waals surface area contributed by atoms with Crippen LogP contribution in [0, 0.1) is 0 Å². The fourth-order valence-corrected chi connectivity index (χ4v) is 3.14. The van der Waals surface area contributed by atoms with Crippen molar-refractivity contribution >= 4 is 15.9 Å². The van der Waals surface area contributed by atoms with Crippen LogP contribution in [0.4, 0.5) is 0 Å². The number of rotatable bonds is 7. The van der Waals surface area contributed by atoms with E-state index in [1.807, 2.05) is 0 Å². The number of carbonyl (C=O) groups is 1. The molecule has 1 heterocycles. The second-order valence-corrected chi connectivity index (χ2v) is 7.54. The molecule has 146 valence electrons. The van der Waals surface area contributed by atoms with Gasteiger partial charge in [-0.1, -0.05) is 11.2 Å². The third-order valence-corrected chi connectivity index (χ3v) is 5.30. The van der Waals surface area contributed by atoms with Crippen molar-refractivity contribution in [1.29, 1.82) is 0 Å². The lowest BCUT2D eigenvalue weighted by molar-refractivity contribution is 0.0946. The average Bonchev–Trinajstić information content (AvgIpc) is 3.21. The molecule has 2 N–H and O–H groups in total. The molecule has 3 rings (SSSR count). The Morgan fingerprint density at radius 2 is 1.93 bits per heavy atom. The Bertz CT molecular complexity index is 1080. The van der Waals surface area contributed by atoms with E-state index in [1.54, 1.807) is 31.4 Å². The van der Waals surface area contributed by atoms with Crippen molar-refractivity contribution in [3.63, 3.8) is 0 Å². The first-order chi connectivity index (χ1) is 13.4. The zero-order valence-corrected chi connectivity index (χ0v) is 16.0. The van der Waals surface area contributed by atoms with Gasteiger partial charge in [-0.15, -0.1) is 0 Å². The van der Waals surface area contributed by atoms with Gasteiger partial charge in [0.25, 0.3) is 5.91 Å². The third kappa shape index (κ3) is 4.35. The van der Waals surface area contributed by atoms with Crippen LogP contribution in [0.5, 0.6) is 5.75 Å². The number of hydrogen-bond donors (Lipinski definition) is 2. The summed E-state index contributed by atoms with van der Waals surface area (Å²) in [6, 6.07) is 12.8. The molecule has 0 radical (unpaired) electrons. The molecule has 0 aliphatic rings. The normalized spacial score (nSPS) is 11.2. The topological polar surface area (TPSA) is 123 Å². The zero-order valence-electron chi connectivity index (χ0n) is 15.2. The van der Waals surface area contributed by atoms with E-state index in [0.717, 1.165) is 5.56 Å². The van der Waals surface area contributed by atoms with Crippen molar-refractivity contribution in [3.8, 4) is 17.1 Å². The summed E-state index contributed by atoms with van der Waals surface area (Å²) in [6.07, 6.45) is 0. The molecule has 0 saturated carbocycles. The van der Waals surface area contributed by atoms with Crippen LogP contribution in [-0.2, 0) is 16.6 Å². The Hall–Kier alpha value is -3.24. The third-order valence-electron chi connectivity index (χ3n) is 3.89. The summed E-state index contributed by atoms with van der Waals surface area (Å²) in [5.41, 5.74) is 0.943. The lowest BCUT2D eigenvalue weighted by Crippen LogP contribution is -2.24. The summed E-state index contributed by atoms with van der Waals surface area (Å²) in [5, 5.41) is 6.51. The molecule has 3 aromatic rings. The Morgan fingerprint density at radius 3 is 2.61 bits per heavy atom. The molecule has 10 heteroatoms. The van der Waals surface area contributed by atoms with Crippen LogP contribution >= 0.6 is 0 Å². The Kier molecular flexibility index (Phi) is 5.71. The van der Waals surface area contributed by atoms with Crippen molar-refractivity contribution < 1.29 is 22.5 Å². The first-order valence-corrected chi connectivity index (χ1v) is 9.70. The molecule has 0 bridgehead atoms. The van der Waals surface area contributed by atoms with Gasteiger partial charge < -0.3 is 14.6 Å². The lowest BCUT2D eigenvalue weighted by atomic mass is 10.2. The highest BCUT2D eigenvalue weighted by atomic mass is 32.2. The number of ether oxygens (including phenoxy) is 1. The van der Waals surface area contributed by atoms with Crippen molar-refractivity contribution in [2.45, 2.75) is 11.4 Å². The van der Waals surface area contributed by atoms with Crippen LogP contribution in [0.1, 0.15) is 16.2 Å². The molecule has 1 aromatic heterocycles. The summed E-state index contributed by atoms with van der Waals surface area (Å²) in [4.78, 5) is 16.5. The number of hydrogen-bond acceptors (Lipinski definition) is 7. The van der Waals surface area contributed by atoms with Gasteiger partial charge in [-0.05, 0) is 49.5 Å². The fraction of sp³-hybridized carbons (Fsp3) is 0.167. The maximum atomic E-state index is 12.3. The number of amides is 1. The second-order valence-electron chi connectivity index (χ2n) is 5.66. The monoisotopic (exact) mass is 402 g/mol. The Labute approximate surface area is 161 Å². The van der Waals surface area contributed by atoms with Crippen molar-refractivity contribution in [2.75, 3.05) is 14.2 Å². The number of sulfonamides is 1. The maximum Gasteiger partial charge on any atom is 0.251 e. The number of aromatic nitrogens is 2. The molecule has 9 nitrogen and oxygen atoms in total. The van der Waals surface area contributed by atoms with Crippen LogP contribution in [-0.4, -0.2) is 38.6 Å². The highest BCUT2D eigenvalue weighted by molar-refractivity contribution is 7.89. The van der Waals surface area contributed by atoms with Crippen molar-refractivity contribution in [3.05, 3.63) is 60.0 Å². The number of nitrogens with one attached hydrogen (secondary N) is 2. The predicted octanol–water partition coefficient (Wildman–Crippen LogP) is 1.58. The smallest absolute Gasteiger partial charge is 0.251 e. The van der Waals surface area contributed by atoms with Gasteiger partial charge in [0.2, 0.25) is 21.7 Å². The fourth-order valence-electron chi connectivity index (χ4n) is 2.36. The van der Waals surface area contributed by atoms with Gasteiger partial charge in [-0.3, -0.25) is 4.79 Å². The Morgan fingerprint density at radius 1 is 1.18 bits per heavy atom. The van der Waals surface area contributed by atoms with E-state index in [9.17, 15) is 13.2 Å². The van der Waals surface area contributed by atoms with Crippen molar-refractivity contribution in [2.24, 2.45) is 0 Å². The maximum absolute atomic E-state index is 12.3. The molecule has 0 spiro atoms. The minimum atomic E-state index is -3.63. The molecule has 0 unspecified atom stereocenters. The van der Waals surface area contributed by atoms with Gasteiger partial charge in [0.15, 0.2) is 0 Å². The van der Waals surface area contributed by atoms with Gasteiger partial charge in [-0.2, -0.15) is 4.98 Å². The first kappa shape index (κ1) is 19.5. The minimum absolute atomic E-state index is 0.00207. The molecule has 0 atom stereocenters.